The van der Waals surface area contributed by atoms with Gasteiger partial charge >= 0.3 is 0 Å². The van der Waals surface area contributed by atoms with Gasteiger partial charge in [0.15, 0.2) is 0 Å². The zero-order valence-corrected chi connectivity index (χ0v) is 29.5. The Morgan fingerprint density at radius 2 is 1.79 bits per heavy atom. The minimum atomic E-state index is -0.136. The van der Waals surface area contributed by atoms with Crippen molar-refractivity contribution in [3.8, 4) is 22.9 Å². The first-order chi connectivity index (χ1) is 22.7. The van der Waals surface area contributed by atoms with Gasteiger partial charge in [-0.25, -0.2) is 4.98 Å². The van der Waals surface area contributed by atoms with E-state index in [0.29, 0.717) is 46.8 Å². The van der Waals surface area contributed by atoms with Crippen LogP contribution in [0.15, 0.2) is 47.4 Å². The lowest BCUT2D eigenvalue weighted by Crippen LogP contribution is -2.60. The summed E-state index contributed by atoms with van der Waals surface area (Å²) in [5.74, 6) is 1.74. The molecule has 1 aliphatic carbocycles. The van der Waals surface area contributed by atoms with Gasteiger partial charge in [0.05, 0.1) is 19.8 Å². The Labute approximate surface area is 283 Å². The first-order valence-corrected chi connectivity index (χ1v) is 17.7. The van der Waals surface area contributed by atoms with Crippen LogP contribution in [-0.4, -0.2) is 84.8 Å². The van der Waals surface area contributed by atoms with E-state index in [2.05, 4.69) is 54.3 Å². The molecule has 6 rings (SSSR count). The van der Waals surface area contributed by atoms with Crippen molar-refractivity contribution < 1.29 is 19.0 Å². The van der Waals surface area contributed by atoms with E-state index in [0.717, 1.165) is 67.1 Å². The van der Waals surface area contributed by atoms with Gasteiger partial charge in [-0.1, -0.05) is 38.1 Å². The number of hydrogen-bond acceptors (Lipinski definition) is 9. The number of piperidine rings is 1. The fourth-order valence-electron chi connectivity index (χ4n) is 7.69. The number of carbonyl (C=O) groups excluding carboxylic acids is 1. The van der Waals surface area contributed by atoms with Crippen molar-refractivity contribution in [2.75, 3.05) is 51.8 Å². The first kappa shape index (κ1) is 33.6. The van der Waals surface area contributed by atoms with Crippen molar-refractivity contribution in [3.05, 3.63) is 59.2 Å². The van der Waals surface area contributed by atoms with Crippen LogP contribution in [0.1, 0.15) is 67.4 Å². The predicted molar refractivity (Wildman–Crippen MR) is 187 cm³/mol. The molecule has 9 nitrogen and oxygen atoms in total. The summed E-state index contributed by atoms with van der Waals surface area (Å²) in [6, 6.07) is 14.1. The van der Waals surface area contributed by atoms with Crippen molar-refractivity contribution >= 4 is 23.8 Å². The van der Waals surface area contributed by atoms with Crippen LogP contribution in [0.3, 0.4) is 0 Å². The second kappa shape index (κ2) is 14.4. The summed E-state index contributed by atoms with van der Waals surface area (Å²) in [5, 5.41) is 0. The van der Waals surface area contributed by atoms with Gasteiger partial charge in [0.2, 0.25) is 11.7 Å². The molecule has 2 aliphatic heterocycles. The quantitative estimate of drug-likeness (QED) is 0.256. The molecule has 0 radical (unpaired) electrons. The summed E-state index contributed by atoms with van der Waals surface area (Å²) in [6.07, 6.45) is 5.20. The summed E-state index contributed by atoms with van der Waals surface area (Å²) in [4.78, 5) is 29.9. The lowest BCUT2D eigenvalue weighted by molar-refractivity contribution is -0.0545. The number of hydrogen-bond donors (Lipinski definition) is 1. The molecule has 1 aromatic heterocycles. The molecular weight excluding hydrogens is 611 g/mol. The Bertz CT molecular complexity index is 1550. The highest BCUT2D eigenvalue weighted by atomic mass is 32.2. The third-order valence-electron chi connectivity index (χ3n) is 10.1. The van der Waals surface area contributed by atoms with E-state index in [-0.39, 0.29) is 18.0 Å². The summed E-state index contributed by atoms with van der Waals surface area (Å²) in [5.41, 5.74) is 4.86. The van der Waals surface area contributed by atoms with Crippen LogP contribution < -0.4 is 14.2 Å². The zero-order valence-electron chi connectivity index (χ0n) is 28.7. The van der Waals surface area contributed by atoms with E-state index in [1.807, 2.05) is 30.3 Å². The molecule has 2 aromatic carbocycles. The largest absolute Gasteiger partial charge is 0.490 e. The second-order valence-corrected chi connectivity index (χ2v) is 14.8. The molecule has 1 atom stereocenters. The molecule has 1 unspecified atom stereocenters. The molecule has 1 amide bonds. The SMILES string of the molecule is COCCN1CCC2(CC1)CC(N1C(=O)c3cccc(c3)SNc3nc(c(OC)c(-c4c(C)cccc4C)n3)OCC1CC(C)C)C2. The maximum Gasteiger partial charge on any atom is 0.262 e. The Morgan fingerprint density at radius 1 is 1.06 bits per heavy atom. The van der Waals surface area contributed by atoms with Gasteiger partial charge in [0, 0.05) is 35.7 Å². The highest BCUT2D eigenvalue weighted by Crippen LogP contribution is 2.52. The molecule has 4 bridgehead atoms. The van der Waals surface area contributed by atoms with E-state index < -0.39 is 0 Å². The van der Waals surface area contributed by atoms with Crippen molar-refractivity contribution in [2.45, 2.75) is 76.8 Å². The average molecular weight is 660 g/mol. The molecule has 3 heterocycles. The summed E-state index contributed by atoms with van der Waals surface area (Å²) >= 11 is 1.39. The molecule has 1 saturated heterocycles. The van der Waals surface area contributed by atoms with E-state index >= 15 is 0 Å². The predicted octanol–water partition coefficient (Wildman–Crippen LogP) is 7.03. The van der Waals surface area contributed by atoms with Gasteiger partial charge in [0.1, 0.15) is 12.3 Å². The van der Waals surface area contributed by atoms with E-state index in [1.54, 1.807) is 14.2 Å². The molecule has 2 fully saturated rings. The van der Waals surface area contributed by atoms with Crippen molar-refractivity contribution in [1.82, 2.24) is 19.8 Å². The van der Waals surface area contributed by atoms with E-state index in [4.69, 9.17) is 24.2 Å². The molecule has 3 aromatic rings. The zero-order chi connectivity index (χ0) is 33.1. The smallest absolute Gasteiger partial charge is 0.262 e. The molecule has 1 spiro atoms. The van der Waals surface area contributed by atoms with Crippen LogP contribution in [0.2, 0.25) is 0 Å². The number of fused-ring (bicyclic) bond motifs is 4. The Balaban J connectivity index is 1.36. The summed E-state index contributed by atoms with van der Waals surface area (Å²) in [7, 11) is 3.41. The van der Waals surface area contributed by atoms with Gasteiger partial charge in [0.25, 0.3) is 11.8 Å². The number of methoxy groups -OCH3 is 2. The Morgan fingerprint density at radius 3 is 2.47 bits per heavy atom. The molecule has 3 aliphatic rings. The van der Waals surface area contributed by atoms with Crippen molar-refractivity contribution in [2.24, 2.45) is 11.3 Å². The average Bonchev–Trinajstić information content (AvgIpc) is 3.04. The number of aromatic nitrogens is 2. The second-order valence-electron chi connectivity index (χ2n) is 13.9. The molecule has 1 N–H and O–H groups in total. The lowest BCUT2D eigenvalue weighted by Gasteiger charge is -2.56. The van der Waals surface area contributed by atoms with Crippen LogP contribution in [0.5, 0.6) is 11.6 Å². The molecule has 1 saturated carbocycles. The minimum absolute atomic E-state index is 0.0688. The van der Waals surface area contributed by atoms with Gasteiger partial charge in [-0.2, -0.15) is 4.98 Å². The van der Waals surface area contributed by atoms with Gasteiger partial charge in [-0.05, 0) is 112 Å². The molecule has 10 heteroatoms. The fraction of sp³-hybridized carbons (Fsp3) is 0.541. The maximum absolute atomic E-state index is 14.6. The van der Waals surface area contributed by atoms with Crippen molar-refractivity contribution in [3.63, 3.8) is 0 Å². The maximum atomic E-state index is 14.6. The lowest BCUT2D eigenvalue weighted by atomic mass is 9.59. The van der Waals surface area contributed by atoms with Crippen molar-refractivity contribution in [1.29, 1.82) is 0 Å². The number of likely N-dealkylation sites (tertiary alicyclic amines) is 1. The van der Waals surface area contributed by atoms with Gasteiger partial charge < -0.3 is 24.0 Å². The van der Waals surface area contributed by atoms with Crippen LogP contribution in [0.25, 0.3) is 11.3 Å². The number of nitrogens with one attached hydrogen (secondary N) is 1. The number of nitrogens with zero attached hydrogens (tertiary/aromatic N) is 4. The molecule has 47 heavy (non-hydrogen) atoms. The number of rotatable bonds is 8. The van der Waals surface area contributed by atoms with Crippen LogP contribution in [0, 0.1) is 25.2 Å². The number of anilines is 1. The monoisotopic (exact) mass is 659 g/mol. The number of aryl methyl sites for hydroxylation is 2. The van der Waals surface area contributed by atoms with Crippen LogP contribution >= 0.6 is 11.9 Å². The minimum Gasteiger partial charge on any atom is -0.490 e. The number of carbonyl (C=O) groups is 1. The summed E-state index contributed by atoms with van der Waals surface area (Å²) in [6.45, 7) is 12.8. The fourth-order valence-corrected chi connectivity index (χ4v) is 8.32. The Kier molecular flexibility index (Phi) is 10.3. The van der Waals surface area contributed by atoms with Gasteiger partial charge in [-0.3, -0.25) is 9.52 Å². The molecular formula is C37H49N5O4S. The van der Waals surface area contributed by atoms with Crippen LogP contribution in [0.4, 0.5) is 5.95 Å². The Hall–Kier alpha value is -3.34. The highest BCUT2D eigenvalue weighted by molar-refractivity contribution is 8.00. The van der Waals surface area contributed by atoms with E-state index in [9.17, 15) is 4.79 Å². The van der Waals surface area contributed by atoms with Crippen LogP contribution in [-0.2, 0) is 4.74 Å². The molecule has 252 valence electrons. The number of amides is 1. The number of benzene rings is 2. The normalized spacial score (nSPS) is 20.1. The standard InChI is InChI=1S/C37H49N5O4S/c1-24(2)19-28-23-46-34-33(45-6)32(31-25(3)9-7-10-26(31)4)38-36(39-34)40-47-30-12-8-11-27(20-30)35(43)42(28)29-21-37(22-29)13-15-41(16-14-37)17-18-44-5/h7-12,20,24,28-29H,13-19,21-23H2,1-6H3,(H,38,39,40). The number of ether oxygens (including phenoxy) is 3. The highest BCUT2D eigenvalue weighted by Gasteiger charge is 2.50. The third kappa shape index (κ3) is 7.25. The first-order valence-electron chi connectivity index (χ1n) is 16.9. The third-order valence-corrected chi connectivity index (χ3v) is 10.9. The summed E-state index contributed by atoms with van der Waals surface area (Å²) < 4.78 is 21.3. The van der Waals surface area contributed by atoms with Gasteiger partial charge in [-0.15, -0.1) is 0 Å². The topological polar surface area (TPSA) is 89.1 Å². The van der Waals surface area contributed by atoms with E-state index in [1.165, 1.54) is 24.8 Å².